The van der Waals surface area contributed by atoms with Gasteiger partial charge in [0.15, 0.2) is 0 Å². The van der Waals surface area contributed by atoms with E-state index in [-0.39, 0.29) is 12.0 Å². The van der Waals surface area contributed by atoms with Gasteiger partial charge in [-0.25, -0.2) is 4.79 Å². The molecule has 1 unspecified atom stereocenters. The Hall–Kier alpha value is -0.640. The quantitative estimate of drug-likeness (QED) is 0.775. The topological polar surface area (TPSA) is 29.5 Å². The van der Waals surface area contributed by atoms with E-state index in [0.717, 1.165) is 0 Å². The normalized spacial score (nSPS) is 20.1. The number of anilines is 1. The minimum absolute atomic E-state index is 0.274. The number of amides is 1. The number of nitrogens with zero attached hydrogens (tertiary/aromatic N) is 1. The van der Waals surface area contributed by atoms with Gasteiger partial charge in [0.1, 0.15) is 6.10 Å². The molecule has 1 heterocycles. The first-order chi connectivity index (χ1) is 7.61. The number of cyclic esters (lactones) is 1. The van der Waals surface area contributed by atoms with Gasteiger partial charge in [-0.2, -0.15) is 0 Å². The van der Waals surface area contributed by atoms with Gasteiger partial charge in [0.2, 0.25) is 0 Å². The second-order valence-corrected chi connectivity index (χ2v) is 4.49. The number of carbonyl (C=O) groups excluding carboxylic acids is 1. The van der Waals surface area contributed by atoms with Gasteiger partial charge in [-0.3, -0.25) is 4.90 Å². The van der Waals surface area contributed by atoms with Gasteiger partial charge in [-0.05, 0) is 18.2 Å². The summed E-state index contributed by atoms with van der Waals surface area (Å²) >= 11 is 17.3. The summed E-state index contributed by atoms with van der Waals surface area (Å²) in [5, 5.41) is 0.855. The predicted molar refractivity (Wildman–Crippen MR) is 64.8 cm³/mol. The summed E-state index contributed by atoms with van der Waals surface area (Å²) in [5.74, 6) is 0.281. The van der Waals surface area contributed by atoms with Crippen LogP contribution in [0.5, 0.6) is 0 Å². The zero-order chi connectivity index (χ0) is 11.7. The number of hydrogen-bond donors (Lipinski definition) is 0. The molecule has 0 aliphatic carbocycles. The van der Waals surface area contributed by atoms with Crippen LogP contribution in [0.3, 0.4) is 0 Å². The largest absolute Gasteiger partial charge is 0.443 e. The van der Waals surface area contributed by atoms with Gasteiger partial charge in [-0.15, -0.1) is 11.6 Å². The van der Waals surface area contributed by atoms with E-state index in [9.17, 15) is 4.79 Å². The fourth-order valence-corrected chi connectivity index (χ4v) is 1.92. The lowest BCUT2D eigenvalue weighted by atomic mass is 10.3. The maximum atomic E-state index is 11.5. The molecule has 1 saturated heterocycles. The van der Waals surface area contributed by atoms with Gasteiger partial charge in [0, 0.05) is 5.69 Å². The van der Waals surface area contributed by atoms with Gasteiger partial charge in [0.25, 0.3) is 0 Å². The molecule has 0 spiro atoms. The Kier molecular flexibility index (Phi) is 3.47. The lowest BCUT2D eigenvalue weighted by Crippen LogP contribution is -2.24. The Morgan fingerprint density at radius 1 is 1.38 bits per heavy atom. The molecule has 1 atom stereocenters. The van der Waals surface area contributed by atoms with Gasteiger partial charge in [-0.1, -0.05) is 23.2 Å². The van der Waals surface area contributed by atoms with E-state index in [0.29, 0.717) is 22.3 Å². The van der Waals surface area contributed by atoms with Crippen molar-refractivity contribution in [3.63, 3.8) is 0 Å². The maximum absolute atomic E-state index is 11.5. The van der Waals surface area contributed by atoms with Crippen LogP contribution >= 0.6 is 34.8 Å². The lowest BCUT2D eigenvalue weighted by molar-refractivity contribution is 0.151. The van der Waals surface area contributed by atoms with E-state index in [1.165, 1.54) is 4.90 Å². The predicted octanol–water partition coefficient (Wildman–Crippen LogP) is 3.56. The molecule has 3 nitrogen and oxygen atoms in total. The summed E-state index contributed by atoms with van der Waals surface area (Å²) < 4.78 is 5.03. The average molecular weight is 281 g/mol. The standard InChI is InChI=1S/C10H8Cl3NO2/c11-4-7-5-14(10(15)16-7)6-1-2-8(12)9(13)3-6/h1-3,7H,4-5H2. The molecule has 0 saturated carbocycles. The number of hydrogen-bond acceptors (Lipinski definition) is 2. The third kappa shape index (κ3) is 2.21. The molecular weight excluding hydrogens is 272 g/mol. The second kappa shape index (κ2) is 4.70. The molecule has 1 aliphatic rings. The van der Waals surface area contributed by atoms with Crippen LogP contribution < -0.4 is 4.90 Å². The number of benzene rings is 1. The van der Waals surface area contributed by atoms with Crippen molar-refractivity contribution in [2.24, 2.45) is 0 Å². The van der Waals surface area contributed by atoms with Gasteiger partial charge < -0.3 is 4.74 Å². The van der Waals surface area contributed by atoms with E-state index in [4.69, 9.17) is 39.5 Å². The Balaban J connectivity index is 2.24. The van der Waals surface area contributed by atoms with Crippen LogP contribution in [-0.4, -0.2) is 24.6 Å². The second-order valence-electron chi connectivity index (χ2n) is 3.37. The molecule has 1 aliphatic heterocycles. The van der Waals surface area contributed by atoms with Crippen molar-refractivity contribution in [1.29, 1.82) is 0 Å². The molecule has 0 bridgehead atoms. The smallest absolute Gasteiger partial charge is 0.414 e. The molecule has 0 aromatic heterocycles. The van der Waals surface area contributed by atoms with E-state index in [1.807, 2.05) is 0 Å². The Labute approximate surface area is 108 Å². The number of alkyl halides is 1. The average Bonchev–Trinajstić information content (AvgIpc) is 2.64. The third-order valence-electron chi connectivity index (χ3n) is 2.26. The lowest BCUT2D eigenvalue weighted by Gasteiger charge is -2.13. The van der Waals surface area contributed by atoms with Crippen LogP contribution in [0.25, 0.3) is 0 Å². The zero-order valence-electron chi connectivity index (χ0n) is 8.12. The molecule has 6 heteroatoms. The summed E-state index contributed by atoms with van der Waals surface area (Å²) in [7, 11) is 0. The number of halogens is 3. The number of ether oxygens (including phenoxy) is 1. The van der Waals surface area contributed by atoms with Crippen LogP contribution in [0, 0.1) is 0 Å². The number of rotatable bonds is 2. The highest BCUT2D eigenvalue weighted by molar-refractivity contribution is 6.42. The van der Waals surface area contributed by atoms with Crippen LogP contribution in [0.15, 0.2) is 18.2 Å². The van der Waals surface area contributed by atoms with Crippen LogP contribution in [0.1, 0.15) is 0 Å². The van der Waals surface area contributed by atoms with Gasteiger partial charge in [0.05, 0.1) is 22.5 Å². The maximum Gasteiger partial charge on any atom is 0.414 e. The zero-order valence-corrected chi connectivity index (χ0v) is 10.4. The van der Waals surface area contributed by atoms with E-state index in [2.05, 4.69) is 0 Å². The fourth-order valence-electron chi connectivity index (χ4n) is 1.47. The minimum Gasteiger partial charge on any atom is -0.443 e. The molecule has 1 amide bonds. The van der Waals surface area contributed by atoms with Crippen molar-refractivity contribution in [3.8, 4) is 0 Å². The van der Waals surface area contributed by atoms with Crippen LogP contribution in [-0.2, 0) is 4.74 Å². The Bertz CT molecular complexity index is 425. The summed E-state index contributed by atoms with van der Waals surface area (Å²) in [5.41, 5.74) is 0.659. The van der Waals surface area contributed by atoms with Crippen molar-refractivity contribution in [2.75, 3.05) is 17.3 Å². The molecule has 0 N–H and O–H groups in total. The monoisotopic (exact) mass is 279 g/mol. The first-order valence-electron chi connectivity index (χ1n) is 4.61. The van der Waals surface area contributed by atoms with Crippen LogP contribution in [0.2, 0.25) is 10.0 Å². The van der Waals surface area contributed by atoms with E-state index in [1.54, 1.807) is 18.2 Å². The van der Waals surface area contributed by atoms with Crippen molar-refractivity contribution < 1.29 is 9.53 Å². The molecule has 1 fully saturated rings. The van der Waals surface area contributed by atoms with Crippen molar-refractivity contribution in [2.45, 2.75) is 6.10 Å². The van der Waals surface area contributed by atoms with E-state index < -0.39 is 6.09 Å². The minimum atomic E-state index is -0.413. The summed E-state index contributed by atoms with van der Waals surface area (Å²) in [6, 6.07) is 4.98. The molecule has 1 aromatic rings. The van der Waals surface area contributed by atoms with Crippen molar-refractivity contribution in [1.82, 2.24) is 0 Å². The third-order valence-corrected chi connectivity index (χ3v) is 3.34. The molecule has 86 valence electrons. The Morgan fingerprint density at radius 2 is 2.12 bits per heavy atom. The highest BCUT2D eigenvalue weighted by Crippen LogP contribution is 2.29. The fraction of sp³-hybridized carbons (Fsp3) is 0.300. The first-order valence-corrected chi connectivity index (χ1v) is 5.90. The van der Waals surface area contributed by atoms with Gasteiger partial charge >= 0.3 is 6.09 Å². The van der Waals surface area contributed by atoms with E-state index >= 15 is 0 Å². The summed E-state index contributed by atoms with van der Waals surface area (Å²) in [6.45, 7) is 0.431. The molecule has 0 radical (unpaired) electrons. The number of carbonyl (C=O) groups is 1. The highest BCUT2D eigenvalue weighted by Gasteiger charge is 2.31. The molecular formula is C10H8Cl3NO2. The SMILES string of the molecule is O=C1OC(CCl)CN1c1ccc(Cl)c(Cl)c1. The first kappa shape index (κ1) is 11.8. The summed E-state index contributed by atoms with van der Waals surface area (Å²) in [4.78, 5) is 13.0. The molecule has 2 rings (SSSR count). The molecule has 16 heavy (non-hydrogen) atoms. The van der Waals surface area contributed by atoms with Crippen LogP contribution in [0.4, 0.5) is 10.5 Å². The van der Waals surface area contributed by atoms with Crippen molar-refractivity contribution in [3.05, 3.63) is 28.2 Å². The van der Waals surface area contributed by atoms with Crippen molar-refractivity contribution >= 4 is 46.6 Å². The summed E-state index contributed by atoms with van der Waals surface area (Å²) in [6.07, 6.45) is -0.687. The molecule has 1 aromatic carbocycles. The highest BCUT2D eigenvalue weighted by atomic mass is 35.5. The Morgan fingerprint density at radius 3 is 2.69 bits per heavy atom.